The monoisotopic (exact) mass is 494 g/mol. The van der Waals surface area contributed by atoms with Crippen molar-refractivity contribution in [1.82, 2.24) is 5.43 Å². The summed E-state index contributed by atoms with van der Waals surface area (Å²) in [6.45, 7) is 0. The second-order valence-electron chi connectivity index (χ2n) is 4.89. The van der Waals surface area contributed by atoms with Gasteiger partial charge in [-0.1, -0.05) is 40.2 Å². The quantitative estimate of drug-likeness (QED) is 0.312. The topological polar surface area (TPSA) is 54.6 Å². The van der Waals surface area contributed by atoms with Gasteiger partial charge in [-0.25, -0.2) is 5.43 Å². The number of nitrogens with zero attached hydrogens (tertiary/aromatic N) is 1. The normalized spacial score (nSPS) is 10.9. The number of nitrogens with one attached hydrogen (secondary N) is 1. The molecule has 4 nitrogen and oxygen atoms in total. The second kappa shape index (κ2) is 7.76. The van der Waals surface area contributed by atoms with Crippen LogP contribution >= 0.6 is 38.5 Å². The van der Waals surface area contributed by atoms with Crippen LogP contribution in [0, 0.1) is 3.57 Å². The summed E-state index contributed by atoms with van der Waals surface area (Å²) >= 11 is 5.52. The van der Waals surface area contributed by atoms with E-state index in [-0.39, 0.29) is 5.91 Å². The maximum Gasteiger partial charge on any atom is 0.272 e. The van der Waals surface area contributed by atoms with Crippen LogP contribution in [0.1, 0.15) is 16.1 Å². The van der Waals surface area contributed by atoms with Crippen LogP contribution in [0.5, 0.6) is 0 Å². The second-order valence-corrected chi connectivity index (χ2v) is 6.97. The number of halogens is 2. The van der Waals surface area contributed by atoms with Crippen molar-refractivity contribution < 1.29 is 9.21 Å². The van der Waals surface area contributed by atoms with Gasteiger partial charge < -0.3 is 4.42 Å². The van der Waals surface area contributed by atoms with Gasteiger partial charge in [0.15, 0.2) is 0 Å². The molecule has 1 N–H and O–H groups in total. The minimum atomic E-state index is -0.254. The van der Waals surface area contributed by atoms with Gasteiger partial charge in [-0.2, -0.15) is 5.10 Å². The van der Waals surface area contributed by atoms with E-state index in [1.54, 1.807) is 12.1 Å². The van der Waals surface area contributed by atoms with E-state index < -0.39 is 0 Å². The van der Waals surface area contributed by atoms with Gasteiger partial charge >= 0.3 is 0 Å². The summed E-state index contributed by atoms with van der Waals surface area (Å²) in [4.78, 5) is 12.0. The van der Waals surface area contributed by atoms with Crippen molar-refractivity contribution in [3.8, 4) is 11.3 Å². The number of amides is 1. The van der Waals surface area contributed by atoms with Crippen molar-refractivity contribution in [1.29, 1.82) is 0 Å². The Labute approximate surface area is 161 Å². The minimum Gasteiger partial charge on any atom is -0.455 e. The van der Waals surface area contributed by atoms with Crippen LogP contribution < -0.4 is 5.43 Å². The lowest BCUT2D eigenvalue weighted by atomic mass is 10.2. The molecule has 3 rings (SSSR count). The Morgan fingerprint density at radius 1 is 1.08 bits per heavy atom. The summed E-state index contributed by atoms with van der Waals surface area (Å²) in [5, 5.41) is 3.95. The average molecular weight is 495 g/mol. The molecule has 0 fully saturated rings. The van der Waals surface area contributed by atoms with Crippen molar-refractivity contribution >= 4 is 50.6 Å². The van der Waals surface area contributed by atoms with E-state index in [0.717, 1.165) is 19.4 Å². The fourth-order valence-corrected chi connectivity index (χ4v) is 2.95. The van der Waals surface area contributed by atoms with Gasteiger partial charge in [0.25, 0.3) is 5.91 Å². The lowest BCUT2D eigenvalue weighted by Gasteiger charge is -2.01. The summed E-state index contributed by atoms with van der Waals surface area (Å²) in [5.41, 5.74) is 4.07. The van der Waals surface area contributed by atoms with E-state index in [2.05, 4.69) is 49.0 Å². The molecular formula is C18H12BrIN2O2. The van der Waals surface area contributed by atoms with Gasteiger partial charge in [-0.3, -0.25) is 4.79 Å². The van der Waals surface area contributed by atoms with E-state index in [1.807, 2.05) is 48.5 Å². The predicted octanol–water partition coefficient (Wildman–Crippen LogP) is 5.08. The van der Waals surface area contributed by atoms with E-state index in [0.29, 0.717) is 11.3 Å². The van der Waals surface area contributed by atoms with Gasteiger partial charge in [0.1, 0.15) is 11.5 Å². The van der Waals surface area contributed by atoms with Gasteiger partial charge in [0, 0.05) is 13.6 Å². The number of furan rings is 1. The lowest BCUT2D eigenvalue weighted by molar-refractivity contribution is 0.0954. The molecular weight excluding hydrogens is 483 g/mol. The number of hydrogen-bond donors (Lipinski definition) is 1. The maximum atomic E-state index is 12.0. The molecule has 0 spiro atoms. The molecule has 120 valence electrons. The van der Waals surface area contributed by atoms with Crippen molar-refractivity contribution in [3.05, 3.63) is 80.0 Å². The number of carbonyl (C=O) groups excluding carboxylic acids is 1. The zero-order chi connectivity index (χ0) is 16.9. The molecule has 0 radical (unpaired) electrons. The summed E-state index contributed by atoms with van der Waals surface area (Å²) in [5.74, 6) is 1.06. The van der Waals surface area contributed by atoms with E-state index in [4.69, 9.17) is 4.42 Å². The highest BCUT2D eigenvalue weighted by molar-refractivity contribution is 14.1. The Balaban J connectivity index is 1.66. The molecule has 3 aromatic rings. The van der Waals surface area contributed by atoms with Gasteiger partial charge in [0.05, 0.1) is 11.8 Å². The molecule has 0 saturated carbocycles. The van der Waals surface area contributed by atoms with Gasteiger partial charge in [0.2, 0.25) is 0 Å². The van der Waals surface area contributed by atoms with Crippen LogP contribution in [0.25, 0.3) is 11.3 Å². The molecule has 1 aromatic heterocycles. The third-order valence-corrected chi connectivity index (χ3v) is 4.70. The molecule has 2 aromatic carbocycles. The highest BCUT2D eigenvalue weighted by Gasteiger charge is 2.08. The first-order chi connectivity index (χ1) is 11.6. The van der Waals surface area contributed by atoms with Crippen LogP contribution in [0.2, 0.25) is 0 Å². The Hall–Kier alpha value is -1.93. The van der Waals surface area contributed by atoms with Gasteiger partial charge in [-0.05, 0) is 59.0 Å². The molecule has 24 heavy (non-hydrogen) atoms. The molecule has 0 bridgehead atoms. The zero-order valence-corrected chi connectivity index (χ0v) is 16.1. The van der Waals surface area contributed by atoms with Crippen molar-refractivity contribution in [3.63, 3.8) is 0 Å². The number of hydrazone groups is 1. The Bertz CT molecular complexity index is 888. The highest BCUT2D eigenvalue weighted by atomic mass is 127. The molecule has 0 saturated heterocycles. The number of carbonyl (C=O) groups is 1. The molecule has 0 aliphatic carbocycles. The predicted molar refractivity (Wildman–Crippen MR) is 106 cm³/mol. The van der Waals surface area contributed by atoms with Crippen LogP contribution in [-0.4, -0.2) is 12.1 Å². The van der Waals surface area contributed by atoms with Crippen molar-refractivity contribution in [2.45, 2.75) is 0 Å². The first-order valence-corrected chi connectivity index (χ1v) is 8.94. The Morgan fingerprint density at radius 2 is 1.83 bits per heavy atom. The van der Waals surface area contributed by atoms with Crippen LogP contribution in [0.3, 0.4) is 0 Å². The first-order valence-electron chi connectivity index (χ1n) is 7.07. The minimum absolute atomic E-state index is 0.254. The summed E-state index contributed by atoms with van der Waals surface area (Å²) in [6, 6.07) is 18.8. The zero-order valence-electron chi connectivity index (χ0n) is 12.4. The first kappa shape index (κ1) is 16.9. The fourth-order valence-electron chi connectivity index (χ4n) is 2.05. The highest BCUT2D eigenvalue weighted by Crippen LogP contribution is 2.23. The molecule has 6 heteroatoms. The van der Waals surface area contributed by atoms with E-state index in [9.17, 15) is 4.79 Å². The van der Waals surface area contributed by atoms with Gasteiger partial charge in [-0.15, -0.1) is 0 Å². The van der Waals surface area contributed by atoms with E-state index in [1.165, 1.54) is 6.21 Å². The van der Waals surface area contributed by atoms with E-state index >= 15 is 0 Å². The van der Waals surface area contributed by atoms with Crippen LogP contribution in [-0.2, 0) is 0 Å². The number of hydrogen-bond acceptors (Lipinski definition) is 3. The largest absolute Gasteiger partial charge is 0.455 e. The fraction of sp³-hybridized carbons (Fsp3) is 0. The molecule has 0 aliphatic rings. The molecule has 1 amide bonds. The third-order valence-electron chi connectivity index (χ3n) is 3.23. The molecule has 0 atom stereocenters. The number of benzene rings is 2. The summed E-state index contributed by atoms with van der Waals surface area (Å²) in [6.07, 6.45) is 1.48. The number of rotatable bonds is 4. The Kier molecular flexibility index (Phi) is 5.47. The standard InChI is InChI=1S/C18H12BrIN2O2/c19-13-7-5-12(6-8-13)17-10-9-14(24-17)11-21-22-18(23)15-3-1-2-4-16(15)20/h1-11H,(H,22,23). The summed E-state index contributed by atoms with van der Waals surface area (Å²) < 4.78 is 7.59. The molecule has 0 unspecified atom stereocenters. The Morgan fingerprint density at radius 3 is 2.58 bits per heavy atom. The average Bonchev–Trinajstić information content (AvgIpc) is 3.04. The van der Waals surface area contributed by atoms with Crippen molar-refractivity contribution in [2.75, 3.05) is 0 Å². The smallest absolute Gasteiger partial charge is 0.272 e. The lowest BCUT2D eigenvalue weighted by Crippen LogP contribution is -2.18. The molecule has 0 aliphatic heterocycles. The van der Waals surface area contributed by atoms with Crippen LogP contribution in [0.4, 0.5) is 0 Å². The SMILES string of the molecule is O=C(NN=Cc1ccc(-c2ccc(Br)cc2)o1)c1ccccc1I. The molecule has 1 heterocycles. The van der Waals surface area contributed by atoms with Crippen molar-refractivity contribution in [2.24, 2.45) is 5.10 Å². The summed E-state index contributed by atoms with van der Waals surface area (Å²) in [7, 11) is 0. The maximum absolute atomic E-state index is 12.0. The van der Waals surface area contributed by atoms with Crippen LogP contribution in [0.15, 0.2) is 74.7 Å². The third kappa shape index (κ3) is 4.12.